The number of aromatic nitrogens is 2. The van der Waals surface area contributed by atoms with E-state index in [0.29, 0.717) is 5.39 Å². The summed E-state index contributed by atoms with van der Waals surface area (Å²) in [6, 6.07) is 11.5. The molecule has 0 bridgehead atoms. The molecule has 4 nitrogen and oxygen atoms in total. The summed E-state index contributed by atoms with van der Waals surface area (Å²) in [5.41, 5.74) is 1.81. The molecule has 0 N–H and O–H groups in total. The van der Waals surface area contributed by atoms with E-state index in [2.05, 4.69) is 28.3 Å². The van der Waals surface area contributed by atoms with E-state index in [9.17, 15) is 4.79 Å². The van der Waals surface area contributed by atoms with E-state index in [0.717, 1.165) is 42.7 Å². The van der Waals surface area contributed by atoms with Crippen LogP contribution in [0.1, 0.15) is 13.8 Å². The molecule has 0 radical (unpaired) electrons. The maximum Gasteiger partial charge on any atom is 0.198 e. The van der Waals surface area contributed by atoms with E-state index in [1.807, 2.05) is 36.4 Å². The fourth-order valence-electron chi connectivity index (χ4n) is 2.96. The Hall–Kier alpha value is -2.20. The largest absolute Gasteiger partial charge is 0.324 e. The van der Waals surface area contributed by atoms with Crippen LogP contribution in [-0.2, 0) is 6.54 Å². The molecule has 22 heavy (non-hydrogen) atoms. The highest BCUT2D eigenvalue weighted by Crippen LogP contribution is 2.17. The monoisotopic (exact) mass is 295 g/mol. The van der Waals surface area contributed by atoms with Crippen molar-refractivity contribution < 1.29 is 0 Å². The van der Waals surface area contributed by atoms with Crippen molar-refractivity contribution in [2.75, 3.05) is 19.6 Å². The lowest BCUT2D eigenvalue weighted by atomic mass is 10.1. The number of hydrogen-bond donors (Lipinski definition) is 0. The zero-order chi connectivity index (χ0) is 15.5. The van der Waals surface area contributed by atoms with Crippen molar-refractivity contribution in [1.29, 1.82) is 0 Å². The molecular formula is C18H21N3O. The minimum Gasteiger partial charge on any atom is -0.324 e. The normalized spacial score (nSPS) is 11.6. The topological polar surface area (TPSA) is 38.1 Å². The first-order valence-electron chi connectivity index (χ1n) is 7.84. The fourth-order valence-corrected chi connectivity index (χ4v) is 2.96. The SMILES string of the molecule is CCN(CC)CCn1c2ccccc2c(=O)c2cccnc21. The lowest BCUT2D eigenvalue weighted by Crippen LogP contribution is -2.28. The minimum absolute atomic E-state index is 0.0674. The van der Waals surface area contributed by atoms with Crippen molar-refractivity contribution in [2.24, 2.45) is 0 Å². The molecule has 3 aromatic rings. The average molecular weight is 295 g/mol. The van der Waals surface area contributed by atoms with Crippen LogP contribution < -0.4 is 5.43 Å². The summed E-state index contributed by atoms with van der Waals surface area (Å²) in [5, 5.41) is 1.46. The molecule has 0 amide bonds. The van der Waals surface area contributed by atoms with Crippen LogP contribution in [0.25, 0.3) is 21.9 Å². The van der Waals surface area contributed by atoms with Gasteiger partial charge < -0.3 is 9.47 Å². The van der Waals surface area contributed by atoms with E-state index in [1.54, 1.807) is 6.20 Å². The van der Waals surface area contributed by atoms with Gasteiger partial charge >= 0.3 is 0 Å². The smallest absolute Gasteiger partial charge is 0.198 e. The minimum atomic E-state index is 0.0674. The molecule has 0 spiro atoms. The molecule has 0 aliphatic rings. The van der Waals surface area contributed by atoms with Crippen molar-refractivity contribution in [2.45, 2.75) is 20.4 Å². The zero-order valence-corrected chi connectivity index (χ0v) is 13.1. The van der Waals surface area contributed by atoms with Crippen molar-refractivity contribution in [3.05, 3.63) is 52.8 Å². The fraction of sp³-hybridized carbons (Fsp3) is 0.333. The Bertz CT molecular complexity index is 790. The molecule has 1 aromatic carbocycles. The molecule has 2 aromatic heterocycles. The van der Waals surface area contributed by atoms with Gasteiger partial charge in [0, 0.05) is 24.7 Å². The summed E-state index contributed by atoms with van der Waals surface area (Å²) in [6.45, 7) is 8.17. The van der Waals surface area contributed by atoms with Gasteiger partial charge in [0.05, 0.1) is 10.9 Å². The summed E-state index contributed by atoms with van der Waals surface area (Å²) in [6.07, 6.45) is 1.75. The lowest BCUT2D eigenvalue weighted by Gasteiger charge is -2.20. The Morgan fingerprint density at radius 3 is 2.55 bits per heavy atom. The average Bonchev–Trinajstić information content (AvgIpc) is 2.58. The van der Waals surface area contributed by atoms with Crippen LogP contribution in [0, 0.1) is 0 Å². The summed E-state index contributed by atoms with van der Waals surface area (Å²) >= 11 is 0. The van der Waals surface area contributed by atoms with Crippen LogP contribution >= 0.6 is 0 Å². The molecule has 0 unspecified atom stereocenters. The van der Waals surface area contributed by atoms with Crippen molar-refractivity contribution in [3.63, 3.8) is 0 Å². The van der Waals surface area contributed by atoms with Gasteiger partial charge in [-0.25, -0.2) is 4.98 Å². The molecule has 0 aliphatic heterocycles. The van der Waals surface area contributed by atoms with Crippen LogP contribution in [0.2, 0.25) is 0 Å². The Morgan fingerprint density at radius 2 is 1.77 bits per heavy atom. The quantitative estimate of drug-likeness (QED) is 0.679. The first-order chi connectivity index (χ1) is 10.8. The Labute approximate surface area is 130 Å². The predicted octanol–water partition coefficient (Wildman–Crippen LogP) is 2.89. The Morgan fingerprint density at radius 1 is 1.05 bits per heavy atom. The number of rotatable bonds is 5. The van der Waals surface area contributed by atoms with Crippen molar-refractivity contribution in [1.82, 2.24) is 14.5 Å². The summed E-state index contributed by atoms with van der Waals surface area (Å²) < 4.78 is 2.17. The molecule has 0 fully saturated rings. The summed E-state index contributed by atoms with van der Waals surface area (Å²) in [5.74, 6) is 0. The van der Waals surface area contributed by atoms with Gasteiger partial charge in [0.2, 0.25) is 0 Å². The molecule has 4 heteroatoms. The Kier molecular flexibility index (Phi) is 4.20. The molecule has 114 valence electrons. The lowest BCUT2D eigenvalue weighted by molar-refractivity contribution is 0.293. The van der Waals surface area contributed by atoms with Crippen molar-refractivity contribution >= 4 is 21.9 Å². The molecule has 0 aliphatic carbocycles. The van der Waals surface area contributed by atoms with E-state index >= 15 is 0 Å². The van der Waals surface area contributed by atoms with Crippen LogP contribution in [0.3, 0.4) is 0 Å². The maximum atomic E-state index is 12.6. The molecular weight excluding hydrogens is 274 g/mol. The van der Waals surface area contributed by atoms with Gasteiger partial charge in [0.15, 0.2) is 5.43 Å². The van der Waals surface area contributed by atoms with Crippen LogP contribution in [0.4, 0.5) is 0 Å². The third-order valence-corrected chi connectivity index (χ3v) is 4.26. The highest BCUT2D eigenvalue weighted by Gasteiger charge is 2.11. The predicted molar refractivity (Wildman–Crippen MR) is 91.3 cm³/mol. The number of fused-ring (bicyclic) bond motifs is 2. The number of likely N-dealkylation sites (N-methyl/N-ethyl adjacent to an activating group) is 1. The van der Waals surface area contributed by atoms with Crippen LogP contribution in [-0.4, -0.2) is 34.1 Å². The van der Waals surface area contributed by atoms with Gasteiger partial charge in [0.1, 0.15) is 5.65 Å². The van der Waals surface area contributed by atoms with E-state index in [1.165, 1.54) is 0 Å². The standard InChI is InChI=1S/C18H21N3O/c1-3-20(4-2)12-13-21-16-10-6-5-8-14(16)17(22)15-9-7-11-19-18(15)21/h5-11H,3-4,12-13H2,1-2H3. The highest BCUT2D eigenvalue weighted by atomic mass is 16.1. The third-order valence-electron chi connectivity index (χ3n) is 4.26. The van der Waals surface area contributed by atoms with Gasteiger partial charge in [-0.2, -0.15) is 0 Å². The van der Waals surface area contributed by atoms with Gasteiger partial charge in [-0.1, -0.05) is 26.0 Å². The number of hydrogen-bond acceptors (Lipinski definition) is 3. The number of pyridine rings is 2. The van der Waals surface area contributed by atoms with Crippen molar-refractivity contribution in [3.8, 4) is 0 Å². The van der Waals surface area contributed by atoms with E-state index < -0.39 is 0 Å². The Balaban J connectivity index is 2.21. The van der Waals surface area contributed by atoms with Crippen LogP contribution in [0.15, 0.2) is 47.4 Å². The highest BCUT2D eigenvalue weighted by molar-refractivity contribution is 5.91. The van der Waals surface area contributed by atoms with Gasteiger partial charge in [-0.15, -0.1) is 0 Å². The summed E-state index contributed by atoms with van der Waals surface area (Å²) in [4.78, 5) is 19.5. The van der Waals surface area contributed by atoms with E-state index in [4.69, 9.17) is 0 Å². The number of benzene rings is 1. The third kappa shape index (κ3) is 2.50. The van der Waals surface area contributed by atoms with Crippen LogP contribution in [0.5, 0.6) is 0 Å². The first kappa shape index (κ1) is 14.7. The second kappa shape index (κ2) is 6.28. The second-order valence-electron chi connectivity index (χ2n) is 5.40. The molecule has 0 saturated carbocycles. The van der Waals surface area contributed by atoms with Gasteiger partial charge in [-0.3, -0.25) is 4.79 Å². The number of nitrogens with zero attached hydrogens (tertiary/aromatic N) is 3. The van der Waals surface area contributed by atoms with Gasteiger partial charge in [-0.05, 0) is 37.4 Å². The molecule has 3 rings (SSSR count). The molecule has 0 saturated heterocycles. The van der Waals surface area contributed by atoms with E-state index in [-0.39, 0.29) is 5.43 Å². The maximum absolute atomic E-state index is 12.6. The second-order valence-corrected chi connectivity index (χ2v) is 5.40. The molecule has 0 atom stereocenters. The zero-order valence-electron chi connectivity index (χ0n) is 13.1. The molecule has 2 heterocycles. The summed E-state index contributed by atoms with van der Waals surface area (Å²) in [7, 11) is 0. The number of para-hydroxylation sites is 1. The first-order valence-corrected chi connectivity index (χ1v) is 7.84. The van der Waals surface area contributed by atoms with Gasteiger partial charge in [0.25, 0.3) is 0 Å².